The lowest BCUT2D eigenvalue weighted by atomic mass is 10.1. The van der Waals surface area contributed by atoms with E-state index in [1.807, 2.05) is 20.8 Å². The first-order chi connectivity index (χ1) is 7.79. The lowest BCUT2D eigenvalue weighted by Crippen LogP contribution is -2.40. The van der Waals surface area contributed by atoms with Gasteiger partial charge in [0.1, 0.15) is 5.60 Å². The SMILES string of the molecule is CC(C)(C)OC(=O)N1CC[C@H]2[C@@H](C1)[C@@H]2C(=O)O. The van der Waals surface area contributed by atoms with Gasteiger partial charge in [-0.05, 0) is 39.0 Å². The molecular weight excluding hydrogens is 222 g/mol. The number of hydrogen-bond acceptors (Lipinski definition) is 3. The zero-order chi connectivity index (χ0) is 12.8. The molecule has 2 aliphatic rings. The van der Waals surface area contributed by atoms with E-state index in [1.54, 1.807) is 4.90 Å². The minimum Gasteiger partial charge on any atom is -0.481 e. The third-order valence-electron chi connectivity index (χ3n) is 3.43. The first-order valence-electron chi connectivity index (χ1n) is 6.00. The quantitative estimate of drug-likeness (QED) is 0.756. The van der Waals surface area contributed by atoms with Crippen LogP contribution in [-0.2, 0) is 9.53 Å². The lowest BCUT2D eigenvalue weighted by molar-refractivity contribution is -0.139. The zero-order valence-electron chi connectivity index (χ0n) is 10.5. The number of carboxylic acids is 1. The van der Waals surface area contributed by atoms with Gasteiger partial charge in [0.15, 0.2) is 0 Å². The molecule has 1 saturated carbocycles. The molecule has 0 unspecified atom stereocenters. The topological polar surface area (TPSA) is 66.8 Å². The van der Waals surface area contributed by atoms with E-state index in [2.05, 4.69) is 0 Å². The Bertz CT molecular complexity index is 347. The summed E-state index contributed by atoms with van der Waals surface area (Å²) in [5, 5.41) is 8.96. The maximum Gasteiger partial charge on any atom is 0.410 e. The summed E-state index contributed by atoms with van der Waals surface area (Å²) in [7, 11) is 0. The second-order valence-electron chi connectivity index (χ2n) is 5.91. The van der Waals surface area contributed by atoms with Crippen molar-refractivity contribution in [1.29, 1.82) is 0 Å². The number of carboxylic acid groups (broad SMARTS) is 1. The molecule has 2 fully saturated rings. The highest BCUT2D eigenvalue weighted by atomic mass is 16.6. The molecule has 2 rings (SSSR count). The highest BCUT2D eigenvalue weighted by Gasteiger charge is 2.57. The molecule has 0 radical (unpaired) electrons. The number of carbonyl (C=O) groups excluding carboxylic acids is 1. The summed E-state index contributed by atoms with van der Waals surface area (Å²) in [5.74, 6) is -0.576. The number of ether oxygens (including phenoxy) is 1. The molecule has 0 aromatic rings. The standard InChI is InChI=1S/C12H19NO4/c1-12(2,3)17-11(16)13-5-4-7-8(6-13)9(7)10(14)15/h7-9H,4-6H2,1-3H3,(H,14,15)/t7-,8+,9+/m0/s1. The molecule has 0 spiro atoms. The number of hydrogen-bond donors (Lipinski definition) is 1. The van der Waals surface area contributed by atoms with Crippen LogP contribution in [0.25, 0.3) is 0 Å². The van der Waals surface area contributed by atoms with Crippen molar-refractivity contribution in [2.45, 2.75) is 32.8 Å². The number of amides is 1. The third kappa shape index (κ3) is 2.53. The van der Waals surface area contributed by atoms with Crippen LogP contribution in [0.3, 0.4) is 0 Å². The second-order valence-corrected chi connectivity index (χ2v) is 5.91. The first kappa shape index (κ1) is 12.2. The van der Waals surface area contributed by atoms with Crippen molar-refractivity contribution < 1.29 is 19.4 Å². The Balaban J connectivity index is 1.90. The molecular formula is C12H19NO4. The van der Waals surface area contributed by atoms with Gasteiger partial charge in [0, 0.05) is 13.1 Å². The number of likely N-dealkylation sites (tertiary alicyclic amines) is 1. The van der Waals surface area contributed by atoms with Gasteiger partial charge in [-0.3, -0.25) is 4.79 Å². The summed E-state index contributed by atoms with van der Waals surface area (Å²) in [6.45, 7) is 6.62. The van der Waals surface area contributed by atoms with E-state index in [1.165, 1.54) is 0 Å². The Kier molecular flexibility index (Phi) is 2.79. The summed E-state index contributed by atoms with van der Waals surface area (Å²) >= 11 is 0. The minimum atomic E-state index is -0.731. The Morgan fingerprint density at radius 3 is 2.47 bits per heavy atom. The van der Waals surface area contributed by atoms with Crippen LogP contribution in [0.1, 0.15) is 27.2 Å². The van der Waals surface area contributed by atoms with E-state index >= 15 is 0 Å². The van der Waals surface area contributed by atoms with E-state index in [-0.39, 0.29) is 23.8 Å². The predicted octanol–water partition coefficient (Wildman–Crippen LogP) is 1.57. The molecule has 96 valence electrons. The van der Waals surface area contributed by atoms with Crippen LogP contribution in [0.2, 0.25) is 0 Å². The summed E-state index contributed by atoms with van der Waals surface area (Å²) < 4.78 is 5.28. The number of aliphatic carboxylic acids is 1. The van der Waals surface area contributed by atoms with Gasteiger partial charge in [0.2, 0.25) is 0 Å². The van der Waals surface area contributed by atoms with Crippen LogP contribution in [-0.4, -0.2) is 40.8 Å². The zero-order valence-corrected chi connectivity index (χ0v) is 10.5. The molecule has 0 bridgehead atoms. The summed E-state index contributed by atoms with van der Waals surface area (Å²) in [6, 6.07) is 0. The van der Waals surface area contributed by atoms with E-state index in [9.17, 15) is 9.59 Å². The number of fused-ring (bicyclic) bond motifs is 1. The number of nitrogens with zero attached hydrogens (tertiary/aromatic N) is 1. The number of rotatable bonds is 1. The van der Waals surface area contributed by atoms with Crippen LogP contribution >= 0.6 is 0 Å². The Morgan fingerprint density at radius 1 is 1.29 bits per heavy atom. The van der Waals surface area contributed by atoms with Gasteiger partial charge in [-0.2, -0.15) is 0 Å². The molecule has 1 saturated heterocycles. The lowest BCUT2D eigenvalue weighted by Gasteiger charge is -2.29. The van der Waals surface area contributed by atoms with Crippen molar-refractivity contribution >= 4 is 12.1 Å². The smallest absolute Gasteiger partial charge is 0.410 e. The number of piperidine rings is 1. The molecule has 1 aliphatic carbocycles. The Morgan fingerprint density at radius 2 is 1.94 bits per heavy atom. The molecule has 3 atom stereocenters. The van der Waals surface area contributed by atoms with E-state index in [0.29, 0.717) is 13.1 Å². The maximum atomic E-state index is 11.8. The van der Waals surface area contributed by atoms with Gasteiger partial charge in [0.05, 0.1) is 5.92 Å². The number of carbonyl (C=O) groups is 2. The van der Waals surface area contributed by atoms with Crippen molar-refractivity contribution in [3.63, 3.8) is 0 Å². The molecule has 1 heterocycles. The second kappa shape index (κ2) is 3.89. The highest BCUT2D eigenvalue weighted by molar-refractivity contribution is 5.75. The Labute approximate surface area is 101 Å². The van der Waals surface area contributed by atoms with E-state index in [0.717, 1.165) is 6.42 Å². The van der Waals surface area contributed by atoms with Crippen molar-refractivity contribution in [3.05, 3.63) is 0 Å². The normalized spacial score (nSPS) is 31.7. The van der Waals surface area contributed by atoms with Gasteiger partial charge in [0.25, 0.3) is 0 Å². The van der Waals surface area contributed by atoms with E-state index in [4.69, 9.17) is 9.84 Å². The van der Waals surface area contributed by atoms with Crippen LogP contribution in [0, 0.1) is 17.8 Å². The van der Waals surface area contributed by atoms with Gasteiger partial charge in [-0.1, -0.05) is 0 Å². The fourth-order valence-corrected chi connectivity index (χ4v) is 2.60. The van der Waals surface area contributed by atoms with Crippen molar-refractivity contribution in [2.24, 2.45) is 17.8 Å². The van der Waals surface area contributed by atoms with E-state index < -0.39 is 11.6 Å². The molecule has 0 aromatic carbocycles. The Hall–Kier alpha value is -1.26. The van der Waals surface area contributed by atoms with Crippen LogP contribution < -0.4 is 0 Å². The molecule has 5 heteroatoms. The van der Waals surface area contributed by atoms with Crippen LogP contribution in [0.4, 0.5) is 4.79 Å². The largest absolute Gasteiger partial charge is 0.481 e. The summed E-state index contributed by atoms with van der Waals surface area (Å²) in [4.78, 5) is 24.3. The highest BCUT2D eigenvalue weighted by Crippen LogP contribution is 2.51. The summed E-state index contributed by atoms with van der Waals surface area (Å²) in [5.41, 5.74) is -0.496. The van der Waals surface area contributed by atoms with Crippen molar-refractivity contribution in [2.75, 3.05) is 13.1 Å². The van der Waals surface area contributed by atoms with Gasteiger partial charge < -0.3 is 14.7 Å². The predicted molar refractivity (Wildman–Crippen MR) is 60.5 cm³/mol. The maximum absolute atomic E-state index is 11.8. The monoisotopic (exact) mass is 241 g/mol. The van der Waals surface area contributed by atoms with Crippen molar-refractivity contribution in [3.8, 4) is 0 Å². The fraction of sp³-hybridized carbons (Fsp3) is 0.833. The molecule has 17 heavy (non-hydrogen) atoms. The summed E-state index contributed by atoms with van der Waals surface area (Å²) in [6.07, 6.45) is 0.452. The molecule has 1 aliphatic heterocycles. The van der Waals surface area contributed by atoms with Crippen molar-refractivity contribution in [1.82, 2.24) is 4.90 Å². The fourth-order valence-electron chi connectivity index (χ4n) is 2.60. The third-order valence-corrected chi connectivity index (χ3v) is 3.43. The molecule has 1 amide bonds. The van der Waals surface area contributed by atoms with Crippen LogP contribution in [0.15, 0.2) is 0 Å². The molecule has 0 aromatic heterocycles. The average Bonchev–Trinajstić information content (AvgIpc) is 2.87. The van der Waals surface area contributed by atoms with Gasteiger partial charge in [-0.15, -0.1) is 0 Å². The first-order valence-corrected chi connectivity index (χ1v) is 6.00. The van der Waals surface area contributed by atoms with Gasteiger partial charge in [-0.25, -0.2) is 4.79 Å². The molecule has 5 nitrogen and oxygen atoms in total. The molecule has 1 N–H and O–H groups in total. The minimum absolute atomic E-state index is 0.133. The van der Waals surface area contributed by atoms with Crippen LogP contribution in [0.5, 0.6) is 0 Å². The average molecular weight is 241 g/mol. The van der Waals surface area contributed by atoms with Gasteiger partial charge >= 0.3 is 12.1 Å².